The zero-order valence-corrected chi connectivity index (χ0v) is 54.8. The van der Waals surface area contributed by atoms with E-state index in [0.29, 0.717) is 16.7 Å². The van der Waals surface area contributed by atoms with E-state index in [2.05, 4.69) is 218 Å². The molecule has 2 aliphatic carbocycles. The van der Waals surface area contributed by atoms with Gasteiger partial charge in [0.25, 0.3) is 0 Å². The van der Waals surface area contributed by atoms with Gasteiger partial charge in [0.1, 0.15) is 0 Å². The van der Waals surface area contributed by atoms with Crippen molar-refractivity contribution in [2.75, 3.05) is 0 Å². The number of hydrogen-bond acceptors (Lipinski definition) is 0. The van der Waals surface area contributed by atoms with Crippen molar-refractivity contribution in [3.63, 3.8) is 0 Å². The van der Waals surface area contributed by atoms with E-state index >= 15 is 0 Å². The maximum Gasteiger partial charge on any atom is 0.166 e. The quantitative estimate of drug-likeness (QED) is 0.0757. The van der Waals surface area contributed by atoms with E-state index < -0.39 is 11.6 Å². The second-order valence-corrected chi connectivity index (χ2v) is 25.5. The minimum absolute atomic E-state index is 0.311. The molecule has 88 heavy (non-hydrogen) atoms. The first-order valence-electron chi connectivity index (χ1n) is 34.1. The summed E-state index contributed by atoms with van der Waals surface area (Å²) in [5.41, 5.74) is 21.6. The largest absolute Gasteiger partial charge is 0.203 e. The molecule has 0 N–H and O–H groups in total. The summed E-state index contributed by atoms with van der Waals surface area (Å²) < 4.78 is 27.9. The molecule has 0 atom stereocenters. The molecule has 0 spiro atoms. The molecule has 0 bridgehead atoms. The monoisotopic (exact) mass is 1170 g/mol. The van der Waals surface area contributed by atoms with Crippen LogP contribution in [0.4, 0.5) is 8.78 Å². The van der Waals surface area contributed by atoms with E-state index in [1.54, 1.807) is 24.6 Å². The van der Waals surface area contributed by atoms with Crippen molar-refractivity contribution in [2.24, 2.45) is 17.8 Å². The number of halogens is 2. The molecule has 0 aromatic heterocycles. The third kappa shape index (κ3) is 19.9. The van der Waals surface area contributed by atoms with E-state index in [4.69, 9.17) is 0 Å². The second kappa shape index (κ2) is 35.1. The number of benzene rings is 9. The smallest absolute Gasteiger partial charge is 0.166 e. The molecule has 0 amide bonds. The highest BCUT2D eigenvalue weighted by Crippen LogP contribution is 2.44. The Morgan fingerprint density at radius 3 is 0.989 bits per heavy atom. The summed E-state index contributed by atoms with van der Waals surface area (Å²) in [6.07, 6.45) is 26.0. The fourth-order valence-electron chi connectivity index (χ4n) is 13.3. The van der Waals surface area contributed by atoms with Gasteiger partial charge in [0, 0.05) is 5.56 Å². The first kappa shape index (κ1) is 66.8. The van der Waals surface area contributed by atoms with Crippen molar-refractivity contribution in [3.05, 3.63) is 274 Å². The lowest BCUT2D eigenvalue weighted by atomic mass is 9.68. The molecule has 2 heteroatoms. The maximum absolute atomic E-state index is 14.1. The lowest BCUT2D eigenvalue weighted by molar-refractivity contribution is 0.156. The van der Waals surface area contributed by atoms with Crippen LogP contribution in [0.5, 0.6) is 0 Å². The Labute approximate surface area is 531 Å². The van der Waals surface area contributed by atoms with E-state index in [1.165, 1.54) is 161 Å². The molecule has 2 fully saturated rings. The Morgan fingerprint density at radius 2 is 0.614 bits per heavy atom. The lowest BCUT2D eigenvalue weighted by Crippen LogP contribution is -2.25. The normalized spacial score (nSPS) is 16.2. The van der Waals surface area contributed by atoms with Gasteiger partial charge in [-0.15, -0.1) is 0 Å². The van der Waals surface area contributed by atoms with Crippen LogP contribution in [0, 0.1) is 43.2 Å². The predicted molar refractivity (Wildman–Crippen MR) is 377 cm³/mol. The van der Waals surface area contributed by atoms with Crippen LogP contribution in [0.15, 0.2) is 206 Å². The molecule has 0 nitrogen and oxygen atoms in total. The van der Waals surface area contributed by atoms with E-state index in [9.17, 15) is 8.78 Å². The van der Waals surface area contributed by atoms with Crippen molar-refractivity contribution >= 4 is 0 Å². The highest BCUT2D eigenvalue weighted by molar-refractivity contribution is 5.71. The summed E-state index contributed by atoms with van der Waals surface area (Å²) in [6.45, 7) is 17.1. The third-order valence-electron chi connectivity index (χ3n) is 19.0. The van der Waals surface area contributed by atoms with Crippen LogP contribution in [0.25, 0.3) is 44.5 Å². The van der Waals surface area contributed by atoms with Gasteiger partial charge in [-0.25, -0.2) is 8.78 Å². The van der Waals surface area contributed by atoms with Gasteiger partial charge < -0.3 is 0 Å². The van der Waals surface area contributed by atoms with Gasteiger partial charge in [-0.3, -0.25) is 0 Å². The topological polar surface area (TPSA) is 0 Å². The molecule has 9 aromatic rings. The van der Waals surface area contributed by atoms with Crippen LogP contribution in [-0.4, -0.2) is 0 Å². The molecular weight excluding hydrogens is 1070 g/mol. The van der Waals surface area contributed by atoms with E-state index in [-0.39, 0.29) is 0 Å². The van der Waals surface area contributed by atoms with Crippen LogP contribution in [-0.2, 0) is 44.9 Å². The van der Waals surface area contributed by atoms with Crippen molar-refractivity contribution in [1.82, 2.24) is 0 Å². The SMILES string of the molecule is CCCC1CCC(C2CCC(c3ccc(CC)cc3)CC2)CC1.CCCc1ccc(-c2ccc(-c3ccc(CC)cc3)cc2)cc1.CCCc1ccc(-c2ccc(C)cc2)cc1.CCCc1ccc(CCc2ccc(-c3ccc(C)c(F)c3F)cc2)cc1. The summed E-state index contributed by atoms with van der Waals surface area (Å²) >= 11 is 0. The molecular formula is C86H102F2. The van der Waals surface area contributed by atoms with Crippen LogP contribution >= 0.6 is 0 Å². The summed E-state index contributed by atoms with van der Waals surface area (Å²) in [5, 5.41) is 0. The van der Waals surface area contributed by atoms with Crippen LogP contribution in [0.2, 0.25) is 0 Å². The van der Waals surface area contributed by atoms with Gasteiger partial charge >= 0.3 is 0 Å². The Balaban J connectivity index is 0.000000154. The minimum Gasteiger partial charge on any atom is -0.203 e. The summed E-state index contributed by atoms with van der Waals surface area (Å²) in [6, 6.07) is 73.6. The number of aryl methyl sites for hydroxylation is 9. The van der Waals surface area contributed by atoms with Crippen molar-refractivity contribution < 1.29 is 8.78 Å². The van der Waals surface area contributed by atoms with Crippen LogP contribution < -0.4 is 0 Å². The molecule has 0 radical (unpaired) electrons. The molecule has 0 aliphatic heterocycles. The summed E-state index contributed by atoms with van der Waals surface area (Å²) in [5.74, 6) is 2.47. The molecule has 0 saturated heterocycles. The molecule has 2 saturated carbocycles. The molecule has 0 heterocycles. The van der Waals surface area contributed by atoms with E-state index in [0.717, 1.165) is 68.6 Å². The van der Waals surface area contributed by atoms with Crippen molar-refractivity contribution in [3.8, 4) is 44.5 Å². The Morgan fingerprint density at radius 1 is 0.295 bits per heavy atom. The van der Waals surface area contributed by atoms with Gasteiger partial charge in [0.15, 0.2) is 11.6 Å². The fraction of sp³-hybridized carbons (Fsp3) is 0.372. The van der Waals surface area contributed by atoms with Crippen molar-refractivity contribution in [1.29, 1.82) is 0 Å². The van der Waals surface area contributed by atoms with Crippen LogP contribution in [0.1, 0.15) is 187 Å². The number of rotatable bonds is 19. The van der Waals surface area contributed by atoms with Crippen molar-refractivity contribution in [2.45, 2.75) is 190 Å². The Bertz CT molecular complexity index is 3390. The summed E-state index contributed by atoms with van der Waals surface area (Å²) in [4.78, 5) is 0. The highest BCUT2D eigenvalue weighted by atomic mass is 19.2. The Hall–Kier alpha value is -7.16. The van der Waals surface area contributed by atoms with E-state index in [1.807, 2.05) is 24.3 Å². The molecule has 460 valence electrons. The second-order valence-electron chi connectivity index (χ2n) is 25.5. The van der Waals surface area contributed by atoms with Gasteiger partial charge in [-0.1, -0.05) is 298 Å². The first-order valence-corrected chi connectivity index (χ1v) is 34.1. The van der Waals surface area contributed by atoms with Gasteiger partial charge in [-0.2, -0.15) is 0 Å². The lowest BCUT2D eigenvalue weighted by Gasteiger charge is -2.38. The first-order chi connectivity index (χ1) is 43.0. The summed E-state index contributed by atoms with van der Waals surface area (Å²) in [7, 11) is 0. The third-order valence-corrected chi connectivity index (χ3v) is 19.0. The zero-order valence-electron chi connectivity index (χ0n) is 54.8. The zero-order chi connectivity index (χ0) is 62.0. The van der Waals surface area contributed by atoms with Gasteiger partial charge in [0.05, 0.1) is 0 Å². The molecule has 0 unspecified atom stereocenters. The molecule has 11 rings (SSSR count). The van der Waals surface area contributed by atoms with Gasteiger partial charge in [-0.05, 0) is 210 Å². The maximum atomic E-state index is 14.1. The average molecular weight is 1170 g/mol. The predicted octanol–water partition coefficient (Wildman–Crippen LogP) is 25.0. The number of hydrogen-bond donors (Lipinski definition) is 0. The highest BCUT2D eigenvalue weighted by Gasteiger charge is 2.31. The average Bonchev–Trinajstić information content (AvgIpc) is 3.50. The fourth-order valence-corrected chi connectivity index (χ4v) is 13.3. The van der Waals surface area contributed by atoms with Crippen LogP contribution in [0.3, 0.4) is 0 Å². The molecule has 9 aromatic carbocycles. The van der Waals surface area contributed by atoms with Gasteiger partial charge in [0.2, 0.25) is 0 Å². The Kier molecular flexibility index (Phi) is 26.7. The minimum atomic E-state index is -0.773. The standard InChI is InChI=1S/C24H24F2.C23H36.C23H24.C16H18/c1-3-4-18-6-8-19(9-7-18)10-11-20-12-14-21(15-13-20)22-16-5-17(2)23(25)24(22)26;2*1-3-5-19-8-12-21(13-9-19)23-16-14-22(15-17-23)20-10-6-18(4-2)7-11-20;1-3-4-14-7-11-16(12-8-14)15-9-5-13(2)6-10-15/h5-9,12-16H,3-4,10-11H2,1-2H3;6-7,10-11,19,21-23H,3-5,8-9,12-17H2,1-2H3;6-17H,3-5H2,1-2H3;5-12H,3-4H2,1-2H3. The molecule has 2 aliphatic rings.